The van der Waals surface area contributed by atoms with Gasteiger partial charge in [0, 0.05) is 57.6 Å². The summed E-state index contributed by atoms with van der Waals surface area (Å²) in [7, 11) is 0. The van der Waals surface area contributed by atoms with Crippen LogP contribution in [-0.2, 0) is 0 Å². The van der Waals surface area contributed by atoms with E-state index in [0.29, 0.717) is 0 Å². The van der Waals surface area contributed by atoms with Gasteiger partial charge in [0.05, 0.1) is 39.3 Å². The highest BCUT2D eigenvalue weighted by Crippen LogP contribution is 2.45. The molecule has 0 aliphatic carbocycles. The molecule has 10 aromatic rings. The number of hydrogen-bond donors (Lipinski definition) is 3. The monoisotopic (exact) mass is 1010 g/mol. The molecular formula is C68H61N5S2. The Labute approximate surface area is 447 Å². The summed E-state index contributed by atoms with van der Waals surface area (Å²) >= 11 is 3.68. The number of hydrogen-bond acceptors (Lipinski definition) is 4. The van der Waals surface area contributed by atoms with E-state index in [2.05, 4.69) is 232 Å². The quantitative estimate of drug-likeness (QED) is 0.164. The molecular weight excluding hydrogens is 951 g/mol. The van der Waals surface area contributed by atoms with Gasteiger partial charge in [-0.1, -0.05) is 70.8 Å². The molecule has 0 spiro atoms. The maximum atomic E-state index is 5.56. The lowest BCUT2D eigenvalue weighted by Crippen LogP contribution is -1.92. The first-order valence-corrected chi connectivity index (χ1v) is 27.6. The molecule has 4 aromatic carbocycles. The molecule has 5 nitrogen and oxygen atoms in total. The normalized spacial score (nSPS) is 12.2. The number of thiophene rings is 2. The number of nitrogens with zero attached hydrogens (tertiary/aromatic N) is 2. The summed E-state index contributed by atoms with van der Waals surface area (Å²) in [6, 6.07) is 41.0. The van der Waals surface area contributed by atoms with Crippen molar-refractivity contribution in [3.63, 3.8) is 0 Å². The van der Waals surface area contributed by atoms with E-state index in [1.165, 1.54) is 125 Å². The van der Waals surface area contributed by atoms with Crippen molar-refractivity contribution >= 4 is 98.9 Å². The molecule has 75 heavy (non-hydrogen) atoms. The Hall–Kier alpha value is -7.84. The van der Waals surface area contributed by atoms with E-state index in [-0.39, 0.29) is 0 Å². The first kappa shape index (κ1) is 48.1. The van der Waals surface area contributed by atoms with Gasteiger partial charge in [-0.25, -0.2) is 9.97 Å². The average molecular weight is 1010 g/mol. The molecule has 0 saturated heterocycles. The number of H-pyrrole nitrogens is 3. The summed E-state index contributed by atoms with van der Waals surface area (Å²) in [6.07, 6.45) is 8.68. The maximum Gasteiger partial charge on any atom is 0.0873 e. The van der Waals surface area contributed by atoms with Gasteiger partial charge in [0.1, 0.15) is 0 Å². The van der Waals surface area contributed by atoms with Crippen molar-refractivity contribution in [2.75, 3.05) is 0 Å². The van der Waals surface area contributed by atoms with Crippen LogP contribution in [0.25, 0.3) is 121 Å². The number of rotatable bonds is 4. The Bertz CT molecular complexity index is 4350. The molecule has 7 heteroatoms. The van der Waals surface area contributed by atoms with Crippen LogP contribution in [-0.4, -0.2) is 24.9 Å². The number of aromatic nitrogens is 5. The van der Waals surface area contributed by atoms with Crippen LogP contribution in [0.1, 0.15) is 89.5 Å². The minimum Gasteiger partial charge on any atom is -0.353 e. The summed E-state index contributed by atoms with van der Waals surface area (Å²) in [4.78, 5) is 22.6. The SMILES string of the molecule is Cc1cc(C)c(-c2c3nc(c4ccc([nH]4)c(-c4c(C)cc(C)cc4C)c4ccc(s4)c(-c4c(C)cc(C)cc4C)c4ccc([nH]4)c4nc(c5ccc([nH]5)c(-c5c(C)cc(C)cc5C)c5ccc2s5)C=C4)C=C3)c(C)c1. The zero-order chi connectivity index (χ0) is 52.1. The second kappa shape index (κ2) is 18.5. The largest absolute Gasteiger partial charge is 0.353 e. The summed E-state index contributed by atoms with van der Waals surface area (Å²) in [5, 5.41) is 0. The van der Waals surface area contributed by atoms with Crippen LogP contribution < -0.4 is 0 Å². The van der Waals surface area contributed by atoms with Crippen molar-refractivity contribution in [1.82, 2.24) is 24.9 Å². The molecule has 12 rings (SSSR count). The van der Waals surface area contributed by atoms with Crippen molar-refractivity contribution in [1.29, 1.82) is 0 Å². The van der Waals surface area contributed by atoms with Gasteiger partial charge in [0.15, 0.2) is 0 Å². The number of nitrogens with one attached hydrogen (secondary N) is 3. The highest BCUT2D eigenvalue weighted by Gasteiger charge is 2.21. The third kappa shape index (κ3) is 8.48. The van der Waals surface area contributed by atoms with Crippen molar-refractivity contribution in [2.24, 2.45) is 0 Å². The van der Waals surface area contributed by atoms with E-state index < -0.39 is 0 Å². The number of aromatic amines is 3. The molecule has 0 amide bonds. The fraction of sp³-hybridized carbons (Fsp3) is 0.176. The summed E-state index contributed by atoms with van der Waals surface area (Å²) in [5.74, 6) is 0. The Kier molecular flexibility index (Phi) is 11.9. The Balaban J connectivity index is 1.25. The highest BCUT2D eigenvalue weighted by molar-refractivity contribution is 7.25. The van der Waals surface area contributed by atoms with Crippen LogP contribution in [0.3, 0.4) is 0 Å². The summed E-state index contributed by atoms with van der Waals surface area (Å²) < 4.78 is 4.73. The molecule has 3 N–H and O–H groups in total. The maximum absolute atomic E-state index is 5.56. The van der Waals surface area contributed by atoms with Gasteiger partial charge < -0.3 is 15.0 Å². The standard InChI is InChI=1S/C68H61N5S2/c1-35-27-39(5)61(40(6)28-35)65-53-19-15-49(70-53)47-13-14-48(69-47)50-16-20-54(71-50)66(62-41(7)29-36(2)30-42(62)8)58-24-26-60(75-58)68(64-45(11)33-38(4)34-46(64)12)56-22-18-52(73-56)51-17-21-55(72-51)67(59-25-23-57(65)74-59)63-43(9)31-37(3)32-44(63)10/h13-34,70-72H,1-12H3. The molecule has 0 atom stereocenters. The van der Waals surface area contributed by atoms with Crippen LogP contribution in [0.2, 0.25) is 0 Å². The van der Waals surface area contributed by atoms with E-state index >= 15 is 0 Å². The van der Waals surface area contributed by atoms with Crippen molar-refractivity contribution in [3.8, 4) is 44.5 Å². The molecule has 2 aliphatic heterocycles. The van der Waals surface area contributed by atoms with Crippen molar-refractivity contribution < 1.29 is 0 Å². The van der Waals surface area contributed by atoms with Crippen LogP contribution in [0, 0.1) is 83.1 Å². The zero-order valence-electron chi connectivity index (χ0n) is 44.9. The fourth-order valence-electron chi connectivity index (χ4n) is 12.4. The number of aryl methyl sites for hydroxylation is 12. The van der Waals surface area contributed by atoms with Gasteiger partial charge >= 0.3 is 0 Å². The minimum atomic E-state index is 0.898. The van der Waals surface area contributed by atoms with Crippen LogP contribution in [0.4, 0.5) is 0 Å². The fourth-order valence-corrected chi connectivity index (χ4v) is 14.7. The van der Waals surface area contributed by atoms with Crippen molar-refractivity contribution in [3.05, 3.63) is 199 Å². The van der Waals surface area contributed by atoms with Gasteiger partial charge in [0.25, 0.3) is 0 Å². The minimum absolute atomic E-state index is 0.898. The Morgan fingerprint density at radius 2 is 0.480 bits per heavy atom. The van der Waals surface area contributed by atoms with E-state index in [4.69, 9.17) is 9.97 Å². The van der Waals surface area contributed by atoms with Gasteiger partial charge in [-0.15, -0.1) is 22.7 Å². The third-order valence-electron chi connectivity index (χ3n) is 15.1. The predicted octanol–water partition coefficient (Wildman–Crippen LogP) is 19.6. The molecule has 6 aromatic heterocycles. The summed E-state index contributed by atoms with van der Waals surface area (Å²) in [5.41, 5.74) is 34.4. The van der Waals surface area contributed by atoms with Gasteiger partial charge in [0.2, 0.25) is 0 Å². The zero-order valence-corrected chi connectivity index (χ0v) is 46.5. The van der Waals surface area contributed by atoms with Gasteiger partial charge in [-0.3, -0.25) is 0 Å². The third-order valence-corrected chi connectivity index (χ3v) is 17.4. The first-order valence-electron chi connectivity index (χ1n) is 26.0. The lowest BCUT2D eigenvalue weighted by Gasteiger charge is -2.13. The molecule has 0 fully saturated rings. The molecule has 14 bridgehead atoms. The highest BCUT2D eigenvalue weighted by atomic mass is 32.1. The van der Waals surface area contributed by atoms with Crippen LogP contribution in [0.5, 0.6) is 0 Å². The number of fused-ring (bicyclic) bond motifs is 17. The van der Waals surface area contributed by atoms with Crippen molar-refractivity contribution in [2.45, 2.75) is 83.1 Å². The van der Waals surface area contributed by atoms with Crippen LogP contribution >= 0.6 is 22.7 Å². The second-order valence-electron chi connectivity index (χ2n) is 21.2. The molecule has 0 unspecified atom stereocenters. The summed E-state index contributed by atoms with van der Waals surface area (Å²) in [6.45, 7) is 26.7. The Morgan fingerprint density at radius 3 is 0.773 bits per heavy atom. The molecule has 370 valence electrons. The van der Waals surface area contributed by atoms with E-state index in [0.717, 1.165) is 61.4 Å². The van der Waals surface area contributed by atoms with E-state index in [9.17, 15) is 0 Å². The number of benzene rings is 4. The Morgan fingerprint density at radius 1 is 0.253 bits per heavy atom. The van der Waals surface area contributed by atoms with Gasteiger partial charge in [-0.05, 0) is 235 Å². The lowest BCUT2D eigenvalue weighted by molar-refractivity contribution is 1.29. The molecule has 0 saturated carbocycles. The van der Waals surface area contributed by atoms with Crippen LogP contribution in [0.15, 0.2) is 109 Å². The molecule has 8 heterocycles. The first-order chi connectivity index (χ1) is 36.1. The smallest absolute Gasteiger partial charge is 0.0873 e. The predicted molar refractivity (Wildman–Crippen MR) is 327 cm³/mol. The molecule has 0 radical (unpaired) electrons. The molecule has 2 aliphatic rings. The lowest BCUT2D eigenvalue weighted by atomic mass is 9.93. The van der Waals surface area contributed by atoms with Gasteiger partial charge in [-0.2, -0.15) is 0 Å². The van der Waals surface area contributed by atoms with E-state index in [1.807, 2.05) is 22.7 Å². The second-order valence-corrected chi connectivity index (χ2v) is 23.4. The van der Waals surface area contributed by atoms with E-state index in [1.54, 1.807) is 0 Å². The topological polar surface area (TPSA) is 73.2 Å². The average Bonchev–Trinajstić information content (AvgIpc) is 4.19.